The Morgan fingerprint density at radius 2 is 1.88 bits per heavy atom. The number of hydrogen-bond acceptors (Lipinski definition) is 9. The maximum absolute atomic E-state index is 13.0. The molecule has 0 radical (unpaired) electrons. The number of fused-ring (bicyclic) bond motifs is 2. The lowest BCUT2D eigenvalue weighted by Crippen LogP contribution is -2.48. The number of ether oxygens (including phenoxy) is 2. The Morgan fingerprint density at radius 3 is 2.48 bits per heavy atom. The van der Waals surface area contributed by atoms with Crippen molar-refractivity contribution in [3.05, 3.63) is 39.2 Å². The molecule has 1 unspecified atom stereocenters. The first-order valence-corrected chi connectivity index (χ1v) is 11.3. The molecule has 0 aliphatic carbocycles. The molecule has 0 spiro atoms. The van der Waals surface area contributed by atoms with Gasteiger partial charge in [-0.25, -0.2) is 9.59 Å². The Hall–Kier alpha value is -3.36. The molecule has 0 N–H and O–H groups in total. The van der Waals surface area contributed by atoms with Gasteiger partial charge in [0.05, 0.1) is 30.0 Å². The average molecular weight is 459 g/mol. The van der Waals surface area contributed by atoms with Crippen molar-refractivity contribution in [1.29, 1.82) is 0 Å². The highest BCUT2D eigenvalue weighted by molar-refractivity contribution is 6.13. The van der Waals surface area contributed by atoms with E-state index in [-0.39, 0.29) is 36.8 Å². The SMILES string of the molecule is CCCc1c2c(cc3c(=O)cc(C(=O)OCC)oc13)C(=NOC)CC(C(=O)OCC)N2CC. The van der Waals surface area contributed by atoms with Crippen LogP contribution >= 0.6 is 0 Å². The maximum Gasteiger partial charge on any atom is 0.374 e. The fourth-order valence-corrected chi connectivity index (χ4v) is 4.26. The number of carbonyl (C=O) groups excluding carboxylic acids is 2. The Labute approximate surface area is 192 Å². The summed E-state index contributed by atoms with van der Waals surface area (Å²) in [5.74, 6) is -1.22. The van der Waals surface area contributed by atoms with Gasteiger partial charge in [0.2, 0.25) is 5.76 Å². The molecule has 0 fully saturated rings. The van der Waals surface area contributed by atoms with Crippen LogP contribution < -0.4 is 10.3 Å². The van der Waals surface area contributed by atoms with E-state index >= 15 is 0 Å². The van der Waals surface area contributed by atoms with Crippen molar-refractivity contribution in [2.45, 2.75) is 53.0 Å². The van der Waals surface area contributed by atoms with Crippen LogP contribution in [0.1, 0.15) is 62.2 Å². The van der Waals surface area contributed by atoms with Crippen LogP contribution in [0.3, 0.4) is 0 Å². The first-order valence-electron chi connectivity index (χ1n) is 11.3. The molecular weight excluding hydrogens is 428 g/mol. The summed E-state index contributed by atoms with van der Waals surface area (Å²) in [4.78, 5) is 45.2. The van der Waals surface area contributed by atoms with Crippen molar-refractivity contribution in [3.63, 3.8) is 0 Å². The van der Waals surface area contributed by atoms with Crippen LogP contribution in [0.4, 0.5) is 5.69 Å². The molecule has 9 nitrogen and oxygen atoms in total. The van der Waals surface area contributed by atoms with Gasteiger partial charge in [0.1, 0.15) is 18.7 Å². The molecule has 178 valence electrons. The van der Waals surface area contributed by atoms with Crippen molar-refractivity contribution < 1.29 is 28.3 Å². The predicted molar refractivity (Wildman–Crippen MR) is 124 cm³/mol. The summed E-state index contributed by atoms with van der Waals surface area (Å²) in [6.45, 7) is 8.32. The smallest absolute Gasteiger partial charge is 0.374 e. The van der Waals surface area contributed by atoms with Crippen molar-refractivity contribution >= 4 is 34.3 Å². The minimum atomic E-state index is -0.699. The standard InChI is InChI=1S/C24H30N2O7/c1-6-10-14-21-15(11-16-19(27)13-20(33-22(14)16)24(29)32-9-4)17(25-30-5)12-18(26(21)7-2)23(28)31-8-3/h11,13,18H,6-10,12H2,1-5H3. The Balaban J connectivity index is 2.38. The molecule has 2 heterocycles. The second-order valence-electron chi connectivity index (χ2n) is 7.55. The van der Waals surface area contributed by atoms with Gasteiger partial charge in [-0.3, -0.25) is 4.79 Å². The number of carbonyl (C=O) groups is 2. The number of benzene rings is 1. The summed E-state index contributed by atoms with van der Waals surface area (Å²) >= 11 is 0. The van der Waals surface area contributed by atoms with E-state index in [0.29, 0.717) is 35.2 Å². The van der Waals surface area contributed by atoms with E-state index < -0.39 is 12.0 Å². The summed E-state index contributed by atoms with van der Waals surface area (Å²) in [6.07, 6.45) is 1.58. The van der Waals surface area contributed by atoms with Gasteiger partial charge in [-0.05, 0) is 33.3 Å². The number of hydrogen-bond donors (Lipinski definition) is 0. The van der Waals surface area contributed by atoms with Crippen LogP contribution in [0.15, 0.2) is 26.5 Å². The number of anilines is 1. The van der Waals surface area contributed by atoms with Gasteiger partial charge in [0, 0.05) is 30.2 Å². The zero-order valence-electron chi connectivity index (χ0n) is 19.7. The number of rotatable bonds is 8. The highest BCUT2D eigenvalue weighted by Crippen LogP contribution is 2.39. The molecule has 1 aliphatic rings. The van der Waals surface area contributed by atoms with Gasteiger partial charge in [0.25, 0.3) is 0 Å². The quantitative estimate of drug-likeness (QED) is 0.437. The average Bonchev–Trinajstić information content (AvgIpc) is 2.79. The number of nitrogens with zero attached hydrogens (tertiary/aromatic N) is 2. The van der Waals surface area contributed by atoms with E-state index in [1.54, 1.807) is 19.9 Å². The van der Waals surface area contributed by atoms with Crippen LogP contribution in [-0.2, 0) is 25.5 Å². The van der Waals surface area contributed by atoms with Gasteiger partial charge in [-0.2, -0.15) is 0 Å². The molecule has 2 aromatic rings. The lowest BCUT2D eigenvalue weighted by Gasteiger charge is -2.38. The number of esters is 2. The summed E-state index contributed by atoms with van der Waals surface area (Å²) in [5, 5.41) is 4.50. The van der Waals surface area contributed by atoms with E-state index in [4.69, 9.17) is 18.7 Å². The highest BCUT2D eigenvalue weighted by atomic mass is 16.6. The zero-order valence-corrected chi connectivity index (χ0v) is 19.7. The molecular formula is C24H30N2O7. The largest absolute Gasteiger partial charge is 0.464 e. The molecule has 33 heavy (non-hydrogen) atoms. The molecule has 3 rings (SSSR count). The Morgan fingerprint density at radius 1 is 1.15 bits per heavy atom. The molecule has 1 aliphatic heterocycles. The van der Waals surface area contributed by atoms with E-state index in [0.717, 1.165) is 23.7 Å². The van der Waals surface area contributed by atoms with E-state index in [1.807, 2.05) is 18.7 Å². The summed E-state index contributed by atoms with van der Waals surface area (Å²) in [5.41, 5.74) is 2.66. The van der Waals surface area contributed by atoms with Crippen LogP contribution in [0.5, 0.6) is 0 Å². The van der Waals surface area contributed by atoms with Crippen LogP contribution in [-0.4, -0.2) is 50.6 Å². The lowest BCUT2D eigenvalue weighted by molar-refractivity contribution is -0.144. The molecule has 0 amide bonds. The fourth-order valence-electron chi connectivity index (χ4n) is 4.26. The van der Waals surface area contributed by atoms with Crippen molar-refractivity contribution in [3.8, 4) is 0 Å². The predicted octanol–water partition coefficient (Wildman–Crippen LogP) is 3.43. The summed E-state index contributed by atoms with van der Waals surface area (Å²) in [7, 11) is 1.44. The van der Waals surface area contributed by atoms with Crippen LogP contribution in [0, 0.1) is 0 Å². The van der Waals surface area contributed by atoms with Gasteiger partial charge in [-0.15, -0.1) is 0 Å². The van der Waals surface area contributed by atoms with E-state index in [2.05, 4.69) is 5.16 Å². The van der Waals surface area contributed by atoms with Crippen molar-refractivity contribution in [2.24, 2.45) is 5.16 Å². The van der Waals surface area contributed by atoms with Crippen molar-refractivity contribution in [2.75, 3.05) is 31.8 Å². The molecule has 0 bridgehead atoms. The molecule has 1 aromatic heterocycles. The molecule has 9 heteroatoms. The van der Waals surface area contributed by atoms with E-state index in [9.17, 15) is 14.4 Å². The monoisotopic (exact) mass is 458 g/mol. The highest BCUT2D eigenvalue weighted by Gasteiger charge is 2.38. The van der Waals surface area contributed by atoms with Gasteiger partial charge in [-0.1, -0.05) is 18.5 Å². The first kappa shape index (κ1) is 24.3. The second-order valence-corrected chi connectivity index (χ2v) is 7.55. The molecule has 0 saturated carbocycles. The third kappa shape index (κ3) is 4.58. The topological polar surface area (TPSA) is 108 Å². The number of oxime groups is 1. The molecule has 1 aromatic carbocycles. The van der Waals surface area contributed by atoms with Gasteiger partial charge >= 0.3 is 11.9 Å². The normalized spacial score (nSPS) is 16.6. The fraction of sp³-hybridized carbons (Fsp3) is 0.500. The van der Waals surface area contributed by atoms with Gasteiger partial charge in [0.15, 0.2) is 5.43 Å². The minimum Gasteiger partial charge on any atom is -0.464 e. The minimum absolute atomic E-state index is 0.154. The van der Waals surface area contributed by atoms with Gasteiger partial charge < -0.3 is 23.6 Å². The number of likely N-dealkylation sites (N-methyl/N-ethyl adjacent to an activating group) is 1. The third-order valence-corrected chi connectivity index (χ3v) is 5.53. The summed E-state index contributed by atoms with van der Waals surface area (Å²) in [6, 6.07) is 2.24. The third-order valence-electron chi connectivity index (χ3n) is 5.53. The van der Waals surface area contributed by atoms with Crippen molar-refractivity contribution in [1.82, 2.24) is 0 Å². The maximum atomic E-state index is 13.0. The Bertz CT molecular complexity index is 1140. The second kappa shape index (κ2) is 10.5. The molecule has 0 saturated heterocycles. The summed E-state index contributed by atoms with van der Waals surface area (Å²) < 4.78 is 16.3. The van der Waals surface area contributed by atoms with E-state index in [1.165, 1.54) is 7.11 Å². The number of aryl methyl sites for hydroxylation is 1. The zero-order chi connectivity index (χ0) is 24.1. The Kier molecular flexibility index (Phi) is 7.73. The lowest BCUT2D eigenvalue weighted by atomic mass is 9.88. The first-order chi connectivity index (χ1) is 15.9. The van der Waals surface area contributed by atoms with Crippen LogP contribution in [0.2, 0.25) is 0 Å². The van der Waals surface area contributed by atoms with Crippen LogP contribution in [0.25, 0.3) is 11.0 Å². The molecule has 1 atom stereocenters.